The van der Waals surface area contributed by atoms with Gasteiger partial charge in [-0.3, -0.25) is 0 Å². The van der Waals surface area contributed by atoms with Crippen LogP contribution in [0.15, 0.2) is 24.3 Å². The highest BCUT2D eigenvalue weighted by Crippen LogP contribution is 2.22. The van der Waals surface area contributed by atoms with Crippen LogP contribution < -0.4 is 5.32 Å². The third-order valence-electron chi connectivity index (χ3n) is 1.94. The second-order valence-corrected chi connectivity index (χ2v) is 3.04. The lowest BCUT2D eigenvalue weighted by Crippen LogP contribution is -2.16. The van der Waals surface area contributed by atoms with Gasteiger partial charge in [-0.05, 0) is 18.7 Å². The number of aliphatic hydroxyl groups excluding tert-OH is 1. The summed E-state index contributed by atoms with van der Waals surface area (Å²) in [7, 11) is 1.69. The number of nitrogens with one attached hydrogen (secondary N) is 1. The monoisotopic (exact) mass is 201 g/mol. The van der Waals surface area contributed by atoms with E-state index in [1.165, 1.54) is 18.2 Å². The molecule has 78 valence electrons. The van der Waals surface area contributed by atoms with Crippen LogP contribution in [0, 0.1) is 0 Å². The van der Waals surface area contributed by atoms with Crippen molar-refractivity contribution in [2.24, 2.45) is 0 Å². The number of hydrogen-bond acceptors (Lipinski definition) is 2. The molecule has 1 aromatic carbocycles. The van der Waals surface area contributed by atoms with Crippen molar-refractivity contribution in [1.29, 1.82) is 0 Å². The van der Waals surface area contributed by atoms with Crippen molar-refractivity contribution < 1.29 is 13.9 Å². The van der Waals surface area contributed by atoms with E-state index in [9.17, 15) is 13.9 Å². The molecular formula is C10H13F2NO. The first-order valence-corrected chi connectivity index (χ1v) is 4.36. The Morgan fingerprint density at radius 2 is 2.00 bits per heavy atom. The molecule has 1 unspecified atom stereocenters. The molecule has 1 atom stereocenters. The highest BCUT2D eigenvalue weighted by molar-refractivity contribution is 5.26. The van der Waals surface area contributed by atoms with Gasteiger partial charge in [-0.25, -0.2) is 8.78 Å². The van der Waals surface area contributed by atoms with E-state index >= 15 is 0 Å². The average molecular weight is 201 g/mol. The number of alkyl halides is 2. The zero-order valence-electron chi connectivity index (χ0n) is 7.87. The smallest absolute Gasteiger partial charge is 0.263 e. The normalized spacial score (nSPS) is 13.2. The maximum atomic E-state index is 12.3. The molecule has 0 fully saturated rings. The number of hydrogen-bond donors (Lipinski definition) is 2. The molecule has 0 amide bonds. The maximum Gasteiger partial charge on any atom is 0.263 e. The predicted octanol–water partition coefficient (Wildman–Crippen LogP) is 1.88. The Morgan fingerprint density at radius 1 is 1.36 bits per heavy atom. The molecule has 0 saturated heterocycles. The molecule has 0 radical (unpaired) electrons. The van der Waals surface area contributed by atoms with Crippen LogP contribution in [0.2, 0.25) is 0 Å². The van der Waals surface area contributed by atoms with Gasteiger partial charge in [0.15, 0.2) is 0 Å². The van der Waals surface area contributed by atoms with E-state index in [4.69, 9.17) is 0 Å². The lowest BCUT2D eigenvalue weighted by Gasteiger charge is -2.11. The summed E-state index contributed by atoms with van der Waals surface area (Å²) in [4.78, 5) is 0. The molecule has 2 N–H and O–H groups in total. The number of halogens is 2. The van der Waals surface area contributed by atoms with Gasteiger partial charge in [-0.1, -0.05) is 18.2 Å². The minimum atomic E-state index is -2.49. The lowest BCUT2D eigenvalue weighted by molar-refractivity contribution is 0.149. The standard InChI is InChI=1S/C10H13F2NO/c1-13-6-9(14)7-3-2-4-8(5-7)10(11)12/h2-5,9-10,13-14H,6H2,1H3. The largest absolute Gasteiger partial charge is 0.387 e. The van der Waals surface area contributed by atoms with E-state index in [-0.39, 0.29) is 5.56 Å². The Balaban J connectivity index is 2.82. The second-order valence-electron chi connectivity index (χ2n) is 3.04. The molecule has 1 rings (SSSR count). The average Bonchev–Trinajstić information content (AvgIpc) is 2.18. The summed E-state index contributed by atoms with van der Waals surface area (Å²) < 4.78 is 24.6. The SMILES string of the molecule is CNCC(O)c1cccc(C(F)F)c1. The van der Waals surface area contributed by atoms with E-state index in [1.54, 1.807) is 13.1 Å². The molecule has 0 aliphatic rings. The predicted molar refractivity (Wildman–Crippen MR) is 50.3 cm³/mol. The fraction of sp³-hybridized carbons (Fsp3) is 0.400. The molecule has 2 nitrogen and oxygen atoms in total. The van der Waals surface area contributed by atoms with Crippen LogP contribution in [0.4, 0.5) is 8.78 Å². The third-order valence-corrected chi connectivity index (χ3v) is 1.94. The molecule has 0 aliphatic heterocycles. The summed E-state index contributed by atoms with van der Waals surface area (Å²) in [6, 6.07) is 5.83. The Kier molecular flexibility index (Phi) is 3.98. The van der Waals surface area contributed by atoms with Gasteiger partial charge in [0, 0.05) is 12.1 Å². The van der Waals surface area contributed by atoms with Crippen LogP contribution in [0.5, 0.6) is 0 Å². The molecule has 0 heterocycles. The summed E-state index contributed by atoms with van der Waals surface area (Å²) in [5, 5.41) is 12.3. The summed E-state index contributed by atoms with van der Waals surface area (Å²) >= 11 is 0. The van der Waals surface area contributed by atoms with Crippen LogP contribution >= 0.6 is 0 Å². The minimum Gasteiger partial charge on any atom is -0.387 e. The topological polar surface area (TPSA) is 32.3 Å². The fourth-order valence-electron chi connectivity index (χ4n) is 1.21. The van der Waals surface area contributed by atoms with Gasteiger partial charge in [0.2, 0.25) is 0 Å². The first-order chi connectivity index (χ1) is 6.65. The van der Waals surface area contributed by atoms with Crippen LogP contribution in [-0.4, -0.2) is 18.7 Å². The molecule has 0 bridgehead atoms. The Labute approximate surface area is 81.6 Å². The van der Waals surface area contributed by atoms with Crippen molar-refractivity contribution in [2.45, 2.75) is 12.5 Å². The van der Waals surface area contributed by atoms with Crippen LogP contribution in [0.1, 0.15) is 23.7 Å². The van der Waals surface area contributed by atoms with Gasteiger partial charge in [0.05, 0.1) is 6.10 Å². The van der Waals surface area contributed by atoms with Gasteiger partial charge in [0.25, 0.3) is 6.43 Å². The van der Waals surface area contributed by atoms with E-state index in [1.807, 2.05) is 0 Å². The molecule has 0 spiro atoms. The molecule has 1 aromatic rings. The first kappa shape index (κ1) is 11.1. The van der Waals surface area contributed by atoms with Crippen molar-refractivity contribution in [3.63, 3.8) is 0 Å². The number of likely N-dealkylation sites (N-methyl/N-ethyl adjacent to an activating group) is 1. The van der Waals surface area contributed by atoms with Gasteiger partial charge in [-0.2, -0.15) is 0 Å². The van der Waals surface area contributed by atoms with Gasteiger partial charge >= 0.3 is 0 Å². The van der Waals surface area contributed by atoms with Crippen molar-refractivity contribution in [1.82, 2.24) is 5.32 Å². The molecular weight excluding hydrogens is 188 g/mol. The zero-order chi connectivity index (χ0) is 10.6. The number of rotatable bonds is 4. The van der Waals surface area contributed by atoms with Crippen molar-refractivity contribution in [3.8, 4) is 0 Å². The quantitative estimate of drug-likeness (QED) is 0.779. The summed E-state index contributed by atoms with van der Waals surface area (Å²) in [5.74, 6) is 0. The maximum absolute atomic E-state index is 12.3. The third kappa shape index (κ3) is 2.75. The van der Waals surface area contributed by atoms with E-state index in [2.05, 4.69) is 5.32 Å². The van der Waals surface area contributed by atoms with Crippen LogP contribution in [0.25, 0.3) is 0 Å². The van der Waals surface area contributed by atoms with Gasteiger partial charge < -0.3 is 10.4 Å². The summed E-state index contributed by atoms with van der Waals surface area (Å²) in [6.45, 7) is 0.354. The second kappa shape index (κ2) is 5.02. The van der Waals surface area contributed by atoms with E-state index < -0.39 is 12.5 Å². The molecule has 0 aromatic heterocycles. The summed E-state index contributed by atoms with van der Waals surface area (Å²) in [5.41, 5.74) is 0.454. The Bertz CT molecular complexity index is 291. The van der Waals surface area contributed by atoms with Crippen LogP contribution in [-0.2, 0) is 0 Å². The lowest BCUT2D eigenvalue weighted by atomic mass is 10.1. The fourth-order valence-corrected chi connectivity index (χ4v) is 1.21. The Morgan fingerprint density at radius 3 is 2.57 bits per heavy atom. The first-order valence-electron chi connectivity index (χ1n) is 4.36. The van der Waals surface area contributed by atoms with Crippen molar-refractivity contribution in [2.75, 3.05) is 13.6 Å². The van der Waals surface area contributed by atoms with Crippen LogP contribution in [0.3, 0.4) is 0 Å². The highest BCUT2D eigenvalue weighted by Gasteiger charge is 2.10. The minimum absolute atomic E-state index is 0.0577. The number of benzene rings is 1. The zero-order valence-corrected chi connectivity index (χ0v) is 7.87. The highest BCUT2D eigenvalue weighted by atomic mass is 19.3. The summed E-state index contributed by atoms with van der Waals surface area (Å²) in [6.07, 6.45) is -3.23. The van der Waals surface area contributed by atoms with E-state index in [0.717, 1.165) is 0 Å². The van der Waals surface area contributed by atoms with Gasteiger partial charge in [-0.15, -0.1) is 0 Å². The molecule has 14 heavy (non-hydrogen) atoms. The Hall–Kier alpha value is -1.00. The van der Waals surface area contributed by atoms with Crippen molar-refractivity contribution in [3.05, 3.63) is 35.4 Å². The molecule has 0 saturated carbocycles. The molecule has 4 heteroatoms. The number of aliphatic hydroxyl groups is 1. The van der Waals surface area contributed by atoms with Gasteiger partial charge in [0.1, 0.15) is 0 Å². The van der Waals surface area contributed by atoms with E-state index in [0.29, 0.717) is 12.1 Å². The molecule has 0 aliphatic carbocycles. The van der Waals surface area contributed by atoms with Crippen molar-refractivity contribution >= 4 is 0 Å².